The zero-order valence-corrected chi connectivity index (χ0v) is 8.56. The molecule has 82 valence electrons. The van der Waals surface area contributed by atoms with Gasteiger partial charge in [-0.05, 0) is 6.92 Å². The summed E-state index contributed by atoms with van der Waals surface area (Å²) < 4.78 is 4.38. The summed E-state index contributed by atoms with van der Waals surface area (Å²) in [5.41, 5.74) is 5.38. The van der Waals surface area contributed by atoms with Crippen LogP contribution >= 0.6 is 0 Å². The molecule has 0 aromatic heterocycles. The van der Waals surface area contributed by atoms with Crippen molar-refractivity contribution in [3.05, 3.63) is 0 Å². The minimum absolute atomic E-state index is 0.171. The molecular weight excluding hydrogens is 188 g/mol. The van der Waals surface area contributed by atoms with E-state index in [-0.39, 0.29) is 6.54 Å². The number of carbonyl (C=O) groups excluding carboxylic acids is 2. The third kappa shape index (κ3) is 3.71. The highest BCUT2D eigenvalue weighted by molar-refractivity contribution is 5.85. The first kappa shape index (κ1) is 12.9. The molecule has 0 spiro atoms. The van der Waals surface area contributed by atoms with Crippen LogP contribution in [-0.4, -0.2) is 54.7 Å². The molecule has 1 amide bonds. The molecule has 0 aliphatic carbocycles. The van der Waals surface area contributed by atoms with Gasteiger partial charge in [0.1, 0.15) is 12.6 Å². The zero-order valence-electron chi connectivity index (χ0n) is 8.56. The van der Waals surface area contributed by atoms with E-state index in [9.17, 15) is 9.59 Å². The molecule has 6 heteroatoms. The number of nitrogens with two attached hydrogens (primary N) is 1. The molecule has 0 aromatic rings. The zero-order chi connectivity index (χ0) is 11.3. The van der Waals surface area contributed by atoms with Gasteiger partial charge in [-0.1, -0.05) is 0 Å². The number of aliphatic hydroxyl groups is 1. The van der Waals surface area contributed by atoms with Crippen molar-refractivity contribution in [2.45, 2.75) is 19.1 Å². The van der Waals surface area contributed by atoms with E-state index in [1.807, 2.05) is 0 Å². The lowest BCUT2D eigenvalue weighted by molar-refractivity contribution is -0.147. The summed E-state index contributed by atoms with van der Waals surface area (Å²) in [4.78, 5) is 23.3. The van der Waals surface area contributed by atoms with E-state index in [0.29, 0.717) is 0 Å². The predicted molar refractivity (Wildman–Crippen MR) is 49.3 cm³/mol. The molecule has 0 aliphatic heterocycles. The second kappa shape index (κ2) is 5.56. The molecule has 6 nitrogen and oxygen atoms in total. The standard InChI is InChI=1S/C8H16N2O4/c1-5(11)7(9)8(13)10(2)4-6(12)14-3/h5,7,11H,4,9H2,1-3H3/t5-,7+/m1/s1. The fourth-order valence-electron chi connectivity index (χ4n) is 0.797. The van der Waals surface area contributed by atoms with Crippen LogP contribution in [0.3, 0.4) is 0 Å². The van der Waals surface area contributed by atoms with E-state index >= 15 is 0 Å². The van der Waals surface area contributed by atoms with Crippen molar-refractivity contribution in [1.82, 2.24) is 4.90 Å². The quantitative estimate of drug-likeness (QED) is 0.534. The first-order valence-corrected chi connectivity index (χ1v) is 4.15. The Balaban J connectivity index is 4.18. The molecule has 2 atom stereocenters. The lowest BCUT2D eigenvalue weighted by atomic mass is 10.2. The molecule has 0 radical (unpaired) electrons. The van der Waals surface area contributed by atoms with E-state index in [4.69, 9.17) is 10.8 Å². The molecule has 0 fully saturated rings. The summed E-state index contributed by atoms with van der Waals surface area (Å²) in [6, 6.07) is -1.01. The number of amides is 1. The van der Waals surface area contributed by atoms with E-state index < -0.39 is 24.0 Å². The number of ether oxygens (including phenoxy) is 1. The van der Waals surface area contributed by atoms with Crippen LogP contribution in [0.4, 0.5) is 0 Å². The van der Waals surface area contributed by atoms with E-state index in [1.54, 1.807) is 0 Å². The van der Waals surface area contributed by atoms with Gasteiger partial charge in [-0.15, -0.1) is 0 Å². The smallest absolute Gasteiger partial charge is 0.325 e. The maximum Gasteiger partial charge on any atom is 0.325 e. The van der Waals surface area contributed by atoms with Crippen molar-refractivity contribution in [2.75, 3.05) is 20.7 Å². The maximum atomic E-state index is 11.4. The number of methoxy groups -OCH3 is 1. The average molecular weight is 204 g/mol. The number of esters is 1. The molecule has 0 aliphatic rings. The van der Waals surface area contributed by atoms with Gasteiger partial charge >= 0.3 is 5.97 Å². The SMILES string of the molecule is COC(=O)CN(C)C(=O)[C@@H](N)[C@@H](C)O. The van der Waals surface area contributed by atoms with E-state index in [1.165, 1.54) is 21.1 Å². The van der Waals surface area contributed by atoms with E-state index in [2.05, 4.69) is 4.74 Å². The first-order valence-electron chi connectivity index (χ1n) is 4.15. The summed E-state index contributed by atoms with van der Waals surface area (Å²) in [5, 5.41) is 9.04. The Kier molecular flexibility index (Phi) is 5.11. The molecule has 0 rings (SSSR count). The molecule has 0 aromatic carbocycles. The largest absolute Gasteiger partial charge is 0.468 e. The summed E-state index contributed by atoms with van der Waals surface area (Å²) in [5.74, 6) is -1.02. The van der Waals surface area contributed by atoms with Gasteiger partial charge in [0.15, 0.2) is 0 Å². The van der Waals surface area contributed by atoms with Crippen LogP contribution in [0.2, 0.25) is 0 Å². The molecule has 0 bridgehead atoms. The van der Waals surface area contributed by atoms with Crippen molar-refractivity contribution in [1.29, 1.82) is 0 Å². The van der Waals surface area contributed by atoms with Crippen LogP contribution in [0.5, 0.6) is 0 Å². The van der Waals surface area contributed by atoms with Crippen molar-refractivity contribution in [2.24, 2.45) is 5.73 Å². The van der Waals surface area contributed by atoms with Crippen molar-refractivity contribution in [3.8, 4) is 0 Å². The minimum atomic E-state index is -1.01. The topological polar surface area (TPSA) is 92.9 Å². The summed E-state index contributed by atoms with van der Waals surface area (Å²) in [6.07, 6.45) is -0.942. The Morgan fingerprint density at radius 2 is 2.07 bits per heavy atom. The lowest BCUT2D eigenvalue weighted by Gasteiger charge is -2.21. The van der Waals surface area contributed by atoms with Gasteiger partial charge in [-0.25, -0.2) is 0 Å². The minimum Gasteiger partial charge on any atom is -0.468 e. The summed E-state index contributed by atoms with van der Waals surface area (Å²) in [6.45, 7) is 1.24. The van der Waals surface area contributed by atoms with Crippen molar-refractivity contribution in [3.63, 3.8) is 0 Å². The Morgan fingerprint density at radius 1 is 1.57 bits per heavy atom. The second-order valence-electron chi connectivity index (χ2n) is 3.04. The maximum absolute atomic E-state index is 11.4. The van der Waals surface area contributed by atoms with Gasteiger partial charge in [0.2, 0.25) is 5.91 Å². The third-order valence-electron chi connectivity index (χ3n) is 1.78. The van der Waals surface area contributed by atoms with Crippen LogP contribution < -0.4 is 5.73 Å². The summed E-state index contributed by atoms with van der Waals surface area (Å²) >= 11 is 0. The highest BCUT2D eigenvalue weighted by Gasteiger charge is 2.23. The van der Waals surface area contributed by atoms with Crippen molar-refractivity contribution >= 4 is 11.9 Å². The molecule has 0 saturated carbocycles. The number of carbonyl (C=O) groups is 2. The monoisotopic (exact) mass is 204 g/mol. The van der Waals surface area contributed by atoms with Crippen LogP contribution in [0.15, 0.2) is 0 Å². The first-order chi connectivity index (χ1) is 6.40. The number of hydrogen-bond acceptors (Lipinski definition) is 5. The third-order valence-corrected chi connectivity index (χ3v) is 1.78. The number of nitrogens with zero attached hydrogens (tertiary/aromatic N) is 1. The number of aliphatic hydroxyl groups excluding tert-OH is 1. The van der Waals surface area contributed by atoms with Gasteiger partial charge < -0.3 is 20.5 Å². The Hall–Kier alpha value is -1.14. The number of likely N-dealkylation sites (N-methyl/N-ethyl adjacent to an activating group) is 1. The Labute approximate surface area is 82.6 Å². The highest BCUT2D eigenvalue weighted by atomic mass is 16.5. The average Bonchev–Trinajstić information content (AvgIpc) is 2.14. The van der Waals surface area contributed by atoms with Gasteiger partial charge in [0.25, 0.3) is 0 Å². The van der Waals surface area contributed by atoms with Crippen LogP contribution in [-0.2, 0) is 14.3 Å². The fourth-order valence-corrected chi connectivity index (χ4v) is 0.797. The van der Waals surface area contributed by atoms with Gasteiger partial charge in [-0.2, -0.15) is 0 Å². The van der Waals surface area contributed by atoms with Crippen LogP contribution in [0, 0.1) is 0 Å². The molecule has 0 unspecified atom stereocenters. The van der Waals surface area contributed by atoms with Gasteiger partial charge in [0, 0.05) is 7.05 Å². The fraction of sp³-hybridized carbons (Fsp3) is 0.750. The molecule has 0 saturated heterocycles. The predicted octanol–water partition coefficient (Wildman–Crippen LogP) is -1.67. The van der Waals surface area contributed by atoms with Crippen LogP contribution in [0.1, 0.15) is 6.92 Å². The van der Waals surface area contributed by atoms with Gasteiger partial charge in [0.05, 0.1) is 13.2 Å². The Bertz CT molecular complexity index is 217. The lowest BCUT2D eigenvalue weighted by Crippen LogP contribution is -2.49. The number of rotatable bonds is 4. The van der Waals surface area contributed by atoms with Gasteiger partial charge in [-0.3, -0.25) is 9.59 Å². The Morgan fingerprint density at radius 3 is 2.43 bits per heavy atom. The van der Waals surface area contributed by atoms with Crippen LogP contribution in [0.25, 0.3) is 0 Å². The molecule has 3 N–H and O–H groups in total. The number of hydrogen-bond donors (Lipinski definition) is 2. The normalized spacial score (nSPS) is 14.4. The molecular formula is C8H16N2O4. The molecule has 0 heterocycles. The summed E-state index contributed by atoms with van der Waals surface area (Å²) in [7, 11) is 2.65. The van der Waals surface area contributed by atoms with E-state index in [0.717, 1.165) is 4.90 Å². The second-order valence-corrected chi connectivity index (χ2v) is 3.04. The highest BCUT2D eigenvalue weighted by Crippen LogP contribution is 1.95. The molecule has 14 heavy (non-hydrogen) atoms. The van der Waals surface area contributed by atoms with Crippen molar-refractivity contribution < 1.29 is 19.4 Å².